The molecular formula is C11H12FN3S. The largest absolute Gasteiger partial charge is 0.272 e. The fourth-order valence-corrected chi connectivity index (χ4v) is 1.78. The first kappa shape index (κ1) is 11.0. The maximum atomic E-state index is 12.8. The van der Waals surface area contributed by atoms with E-state index in [4.69, 9.17) is 12.2 Å². The summed E-state index contributed by atoms with van der Waals surface area (Å²) >= 11 is 5.16. The number of H-pyrrole nitrogens is 1. The van der Waals surface area contributed by atoms with Gasteiger partial charge in [-0.3, -0.25) is 9.67 Å². The highest BCUT2D eigenvalue weighted by molar-refractivity contribution is 7.71. The molecule has 0 spiro atoms. The molecule has 0 amide bonds. The summed E-state index contributed by atoms with van der Waals surface area (Å²) < 4.78 is 15.2. The van der Waals surface area contributed by atoms with Crippen molar-refractivity contribution in [2.45, 2.75) is 19.8 Å². The van der Waals surface area contributed by atoms with E-state index in [0.29, 0.717) is 4.77 Å². The van der Waals surface area contributed by atoms with Crippen molar-refractivity contribution in [3.05, 3.63) is 40.7 Å². The van der Waals surface area contributed by atoms with Crippen molar-refractivity contribution < 1.29 is 4.39 Å². The molecule has 0 fully saturated rings. The molecule has 1 N–H and O–H groups in total. The van der Waals surface area contributed by atoms with Crippen molar-refractivity contribution in [3.63, 3.8) is 0 Å². The lowest BCUT2D eigenvalue weighted by atomic mass is 10.2. The molecule has 0 bridgehead atoms. The molecule has 3 nitrogen and oxygen atoms in total. The minimum Gasteiger partial charge on any atom is -0.272 e. The number of aromatic nitrogens is 3. The zero-order valence-corrected chi connectivity index (χ0v) is 9.88. The molecule has 0 atom stereocenters. The summed E-state index contributed by atoms with van der Waals surface area (Å²) in [4.78, 5) is 0. The molecule has 0 aliphatic carbocycles. The third kappa shape index (κ3) is 1.90. The summed E-state index contributed by atoms with van der Waals surface area (Å²) in [5.41, 5.74) is 0.823. The lowest BCUT2D eigenvalue weighted by Gasteiger charge is -2.08. The molecule has 0 radical (unpaired) electrons. The second kappa shape index (κ2) is 4.17. The van der Waals surface area contributed by atoms with Crippen molar-refractivity contribution in [2.75, 3.05) is 0 Å². The van der Waals surface area contributed by atoms with Crippen LogP contribution in [0.15, 0.2) is 24.3 Å². The van der Waals surface area contributed by atoms with Gasteiger partial charge in [-0.05, 0) is 36.5 Å². The Morgan fingerprint density at radius 1 is 1.31 bits per heavy atom. The number of halogens is 1. The zero-order chi connectivity index (χ0) is 11.7. The van der Waals surface area contributed by atoms with Gasteiger partial charge in [0, 0.05) is 11.6 Å². The van der Waals surface area contributed by atoms with Gasteiger partial charge < -0.3 is 0 Å². The molecule has 0 saturated heterocycles. The number of hydrogen-bond acceptors (Lipinski definition) is 2. The Labute approximate surface area is 97.9 Å². The smallest absolute Gasteiger partial charge is 0.199 e. The van der Waals surface area contributed by atoms with Gasteiger partial charge >= 0.3 is 0 Å². The number of rotatable bonds is 2. The topological polar surface area (TPSA) is 33.6 Å². The van der Waals surface area contributed by atoms with Gasteiger partial charge in [0.2, 0.25) is 0 Å². The van der Waals surface area contributed by atoms with Crippen LogP contribution in [0.2, 0.25) is 0 Å². The molecule has 0 aliphatic heterocycles. The van der Waals surface area contributed by atoms with Crippen LogP contribution in [0.3, 0.4) is 0 Å². The number of benzene rings is 1. The molecule has 2 rings (SSSR count). The minimum absolute atomic E-state index is 0.248. The molecule has 2 aromatic rings. The van der Waals surface area contributed by atoms with Crippen LogP contribution in [0.5, 0.6) is 0 Å². The van der Waals surface area contributed by atoms with Gasteiger partial charge in [-0.1, -0.05) is 13.8 Å². The summed E-state index contributed by atoms with van der Waals surface area (Å²) in [5, 5.41) is 6.92. The third-order valence-electron chi connectivity index (χ3n) is 2.30. The van der Waals surface area contributed by atoms with E-state index in [1.165, 1.54) is 12.1 Å². The average Bonchev–Trinajstić information content (AvgIpc) is 2.62. The molecule has 0 aliphatic rings. The fourth-order valence-electron chi connectivity index (χ4n) is 1.54. The number of nitrogens with one attached hydrogen (secondary N) is 1. The van der Waals surface area contributed by atoms with Gasteiger partial charge in [0.25, 0.3) is 0 Å². The summed E-state index contributed by atoms with van der Waals surface area (Å²) in [6.07, 6.45) is 0. The highest BCUT2D eigenvalue weighted by atomic mass is 32.1. The molecule has 1 aromatic heterocycles. The first-order valence-corrected chi connectivity index (χ1v) is 5.43. The van der Waals surface area contributed by atoms with E-state index in [9.17, 15) is 4.39 Å². The molecule has 1 heterocycles. The Bertz CT molecular complexity index is 539. The third-order valence-corrected chi connectivity index (χ3v) is 2.57. The molecular weight excluding hydrogens is 225 g/mol. The first-order chi connectivity index (χ1) is 7.59. The van der Waals surface area contributed by atoms with Crippen molar-refractivity contribution in [3.8, 4) is 5.69 Å². The summed E-state index contributed by atoms with van der Waals surface area (Å²) in [6, 6.07) is 6.20. The second-order valence-corrected chi connectivity index (χ2v) is 4.24. The summed E-state index contributed by atoms with van der Waals surface area (Å²) in [7, 11) is 0. The van der Waals surface area contributed by atoms with Crippen LogP contribution in [-0.4, -0.2) is 14.8 Å². The molecule has 1 aromatic carbocycles. The van der Waals surface area contributed by atoms with Gasteiger partial charge in [-0.25, -0.2) is 4.39 Å². The minimum atomic E-state index is -0.259. The van der Waals surface area contributed by atoms with Crippen LogP contribution in [0.25, 0.3) is 5.69 Å². The highest BCUT2D eigenvalue weighted by Gasteiger charge is 2.11. The molecule has 5 heteroatoms. The fraction of sp³-hybridized carbons (Fsp3) is 0.273. The van der Waals surface area contributed by atoms with Crippen molar-refractivity contribution in [1.82, 2.24) is 14.8 Å². The van der Waals surface area contributed by atoms with E-state index in [1.54, 1.807) is 12.1 Å². The summed E-state index contributed by atoms with van der Waals surface area (Å²) in [5.74, 6) is 0.833. The lowest BCUT2D eigenvalue weighted by molar-refractivity contribution is 0.627. The van der Waals surface area contributed by atoms with Gasteiger partial charge in [-0.15, -0.1) is 0 Å². The van der Waals surface area contributed by atoms with Crippen molar-refractivity contribution >= 4 is 12.2 Å². The highest BCUT2D eigenvalue weighted by Crippen LogP contribution is 2.17. The Hall–Kier alpha value is -1.49. The Kier molecular flexibility index (Phi) is 2.87. The van der Waals surface area contributed by atoms with Crippen LogP contribution < -0.4 is 0 Å². The van der Waals surface area contributed by atoms with Gasteiger partial charge in [0.1, 0.15) is 11.6 Å². The van der Waals surface area contributed by atoms with Gasteiger partial charge in [0.05, 0.1) is 0 Å². The van der Waals surface area contributed by atoms with Crippen LogP contribution in [0.4, 0.5) is 4.39 Å². The van der Waals surface area contributed by atoms with Crippen LogP contribution >= 0.6 is 12.2 Å². The van der Waals surface area contributed by atoms with Crippen LogP contribution in [0, 0.1) is 10.6 Å². The monoisotopic (exact) mass is 237 g/mol. The molecule has 0 unspecified atom stereocenters. The van der Waals surface area contributed by atoms with Crippen LogP contribution in [0.1, 0.15) is 25.6 Å². The van der Waals surface area contributed by atoms with E-state index < -0.39 is 0 Å². The predicted octanol–water partition coefficient (Wildman–Crippen LogP) is 3.19. The zero-order valence-electron chi connectivity index (χ0n) is 9.07. The normalized spacial score (nSPS) is 11.0. The summed E-state index contributed by atoms with van der Waals surface area (Å²) in [6.45, 7) is 4.07. The van der Waals surface area contributed by atoms with Gasteiger partial charge in [-0.2, -0.15) is 5.10 Å². The van der Waals surface area contributed by atoms with E-state index in [1.807, 2.05) is 18.4 Å². The molecule has 84 valence electrons. The first-order valence-electron chi connectivity index (χ1n) is 5.03. The Balaban J connectivity index is 2.59. The second-order valence-electron chi connectivity index (χ2n) is 3.85. The van der Waals surface area contributed by atoms with Crippen LogP contribution in [-0.2, 0) is 0 Å². The average molecular weight is 237 g/mol. The maximum Gasteiger partial charge on any atom is 0.199 e. The number of nitrogens with zero attached hydrogens (tertiary/aromatic N) is 2. The van der Waals surface area contributed by atoms with Crippen molar-refractivity contribution in [2.24, 2.45) is 0 Å². The van der Waals surface area contributed by atoms with E-state index in [2.05, 4.69) is 10.2 Å². The number of aromatic amines is 1. The number of hydrogen-bond donors (Lipinski definition) is 1. The molecule has 0 saturated carbocycles. The standard InChI is InChI=1S/C11H12FN3S/c1-7(2)10-13-14-11(16)15(10)9-5-3-8(12)4-6-9/h3-7H,1-2H3,(H,14,16). The Morgan fingerprint density at radius 2 is 1.94 bits per heavy atom. The predicted molar refractivity (Wildman–Crippen MR) is 62.8 cm³/mol. The SMILES string of the molecule is CC(C)c1n[nH]c(=S)n1-c1ccc(F)cc1. The lowest BCUT2D eigenvalue weighted by Crippen LogP contribution is -2.03. The van der Waals surface area contributed by atoms with Crippen molar-refractivity contribution in [1.29, 1.82) is 0 Å². The molecule has 16 heavy (non-hydrogen) atoms. The maximum absolute atomic E-state index is 12.8. The van der Waals surface area contributed by atoms with E-state index >= 15 is 0 Å². The van der Waals surface area contributed by atoms with Gasteiger partial charge in [0.15, 0.2) is 4.77 Å². The quantitative estimate of drug-likeness (QED) is 0.814. The Morgan fingerprint density at radius 3 is 2.50 bits per heavy atom. The van der Waals surface area contributed by atoms with E-state index in [-0.39, 0.29) is 11.7 Å². The van der Waals surface area contributed by atoms with E-state index in [0.717, 1.165) is 11.5 Å².